The van der Waals surface area contributed by atoms with Crippen LogP contribution in [0.1, 0.15) is 5.56 Å². The summed E-state index contributed by atoms with van der Waals surface area (Å²) in [6.45, 7) is -2.91. The molecule has 0 aromatic heterocycles. The van der Waals surface area contributed by atoms with Crippen LogP contribution in [0.25, 0.3) is 6.08 Å². The number of carbonyl (C=O) groups is 1. The Balaban J connectivity index is 1.97. The summed E-state index contributed by atoms with van der Waals surface area (Å²) in [6.07, 6.45) is 2.52. The van der Waals surface area contributed by atoms with Crippen molar-refractivity contribution >= 4 is 17.7 Å². The van der Waals surface area contributed by atoms with E-state index in [1.165, 1.54) is 48.5 Å². The molecule has 0 fully saturated rings. The smallest absolute Gasteiger partial charge is 0.387 e. The lowest BCUT2D eigenvalue weighted by molar-refractivity contribution is -0.384. The Morgan fingerprint density at radius 3 is 2.46 bits per heavy atom. The molecule has 0 aliphatic rings. The highest BCUT2D eigenvalue weighted by Crippen LogP contribution is 2.19. The lowest BCUT2D eigenvalue weighted by Crippen LogP contribution is -2.04. The molecule has 24 heavy (non-hydrogen) atoms. The molecule has 0 aliphatic carbocycles. The number of nitro benzene ring substituents is 1. The third kappa shape index (κ3) is 5.16. The van der Waals surface area contributed by atoms with E-state index in [0.717, 1.165) is 12.1 Å². The van der Waals surface area contributed by atoms with E-state index in [4.69, 9.17) is 4.74 Å². The predicted octanol–water partition coefficient (Wildman–Crippen LogP) is 3.82. The molecule has 0 bridgehead atoms. The lowest BCUT2D eigenvalue weighted by atomic mass is 10.2. The van der Waals surface area contributed by atoms with Crippen LogP contribution in [0.15, 0.2) is 54.6 Å². The molecule has 0 spiro atoms. The molecule has 2 aromatic carbocycles. The van der Waals surface area contributed by atoms with Crippen LogP contribution in [-0.4, -0.2) is 17.5 Å². The third-order valence-corrected chi connectivity index (χ3v) is 2.76. The summed E-state index contributed by atoms with van der Waals surface area (Å²) in [5.41, 5.74) is 0.367. The molecule has 0 saturated carbocycles. The van der Waals surface area contributed by atoms with Crippen molar-refractivity contribution in [1.82, 2.24) is 0 Å². The first-order valence-electron chi connectivity index (χ1n) is 6.63. The Morgan fingerprint density at radius 2 is 1.83 bits per heavy atom. The average Bonchev–Trinajstić information content (AvgIpc) is 2.54. The molecule has 2 aromatic rings. The maximum Gasteiger partial charge on any atom is 0.387 e. The van der Waals surface area contributed by atoms with Crippen molar-refractivity contribution in [2.75, 3.05) is 0 Å². The monoisotopic (exact) mass is 335 g/mol. The highest BCUT2D eigenvalue weighted by molar-refractivity contribution is 5.88. The maximum atomic E-state index is 12.0. The van der Waals surface area contributed by atoms with Crippen molar-refractivity contribution in [2.45, 2.75) is 6.61 Å². The standard InChI is InChI=1S/C16H11F2NO5/c17-16(18)24-13-7-4-11(5-8-13)6-9-15(20)23-14-3-1-2-12(10-14)19(21)22/h1-10,16H/b9-6+. The number of nitrogens with zero attached hydrogens (tertiary/aromatic N) is 1. The van der Waals surface area contributed by atoms with Gasteiger partial charge < -0.3 is 9.47 Å². The van der Waals surface area contributed by atoms with E-state index in [1.54, 1.807) is 0 Å². The summed E-state index contributed by atoms with van der Waals surface area (Å²) < 4.78 is 33.2. The van der Waals surface area contributed by atoms with Crippen molar-refractivity contribution in [1.29, 1.82) is 0 Å². The fourth-order valence-electron chi connectivity index (χ4n) is 1.74. The predicted molar refractivity (Wildman–Crippen MR) is 80.8 cm³/mol. The molecule has 0 aliphatic heterocycles. The minimum Gasteiger partial charge on any atom is -0.435 e. The first-order chi connectivity index (χ1) is 11.4. The van der Waals surface area contributed by atoms with Crippen LogP contribution in [0.4, 0.5) is 14.5 Å². The Hall–Kier alpha value is -3.29. The zero-order chi connectivity index (χ0) is 17.5. The molecule has 0 unspecified atom stereocenters. The highest BCUT2D eigenvalue weighted by atomic mass is 19.3. The molecule has 124 valence electrons. The number of rotatable bonds is 6. The summed E-state index contributed by atoms with van der Waals surface area (Å²) in [5, 5.41) is 10.6. The molecule has 0 amide bonds. The lowest BCUT2D eigenvalue weighted by Gasteiger charge is -2.04. The summed E-state index contributed by atoms with van der Waals surface area (Å²) in [5.74, 6) is -0.691. The van der Waals surface area contributed by atoms with Gasteiger partial charge in [-0.15, -0.1) is 0 Å². The number of carbonyl (C=O) groups excluding carboxylic acids is 1. The van der Waals surface area contributed by atoms with E-state index >= 15 is 0 Å². The second-order valence-corrected chi connectivity index (χ2v) is 4.46. The molecular weight excluding hydrogens is 324 g/mol. The summed E-state index contributed by atoms with van der Waals surface area (Å²) in [7, 11) is 0. The van der Waals surface area contributed by atoms with Crippen LogP contribution in [0.2, 0.25) is 0 Å². The Morgan fingerprint density at radius 1 is 1.12 bits per heavy atom. The Labute approximate surface area is 135 Å². The van der Waals surface area contributed by atoms with Crippen molar-refractivity contribution in [3.05, 3.63) is 70.3 Å². The number of alkyl halides is 2. The fraction of sp³-hybridized carbons (Fsp3) is 0.0625. The summed E-state index contributed by atoms with van der Waals surface area (Å²) in [6, 6.07) is 10.8. The fourth-order valence-corrected chi connectivity index (χ4v) is 1.74. The van der Waals surface area contributed by atoms with E-state index in [1.807, 2.05) is 0 Å². The number of halogens is 2. The van der Waals surface area contributed by atoms with Crippen LogP contribution in [0.5, 0.6) is 11.5 Å². The van der Waals surface area contributed by atoms with E-state index in [-0.39, 0.29) is 17.2 Å². The van der Waals surface area contributed by atoms with Crippen LogP contribution >= 0.6 is 0 Å². The third-order valence-electron chi connectivity index (χ3n) is 2.76. The van der Waals surface area contributed by atoms with Crippen molar-refractivity contribution in [3.8, 4) is 11.5 Å². The molecule has 0 saturated heterocycles. The van der Waals surface area contributed by atoms with E-state index in [2.05, 4.69) is 4.74 Å². The number of hydrogen-bond donors (Lipinski definition) is 0. The van der Waals surface area contributed by atoms with Crippen LogP contribution in [0.3, 0.4) is 0 Å². The molecule has 0 N–H and O–H groups in total. The topological polar surface area (TPSA) is 78.7 Å². The van der Waals surface area contributed by atoms with Crippen LogP contribution < -0.4 is 9.47 Å². The Kier molecular flexibility index (Phi) is 5.56. The number of non-ortho nitro benzene ring substituents is 1. The zero-order valence-corrected chi connectivity index (χ0v) is 12.1. The molecule has 2 rings (SSSR count). The normalized spacial score (nSPS) is 10.8. The van der Waals surface area contributed by atoms with E-state index < -0.39 is 17.5 Å². The van der Waals surface area contributed by atoms with Crippen molar-refractivity contribution in [3.63, 3.8) is 0 Å². The number of ether oxygens (including phenoxy) is 2. The van der Waals surface area contributed by atoms with Gasteiger partial charge in [0.2, 0.25) is 0 Å². The second-order valence-electron chi connectivity index (χ2n) is 4.46. The van der Waals surface area contributed by atoms with Gasteiger partial charge in [-0.2, -0.15) is 8.78 Å². The highest BCUT2D eigenvalue weighted by Gasteiger charge is 2.08. The zero-order valence-electron chi connectivity index (χ0n) is 12.1. The average molecular weight is 335 g/mol. The van der Waals surface area contributed by atoms with Crippen molar-refractivity contribution < 1.29 is 28.0 Å². The van der Waals surface area contributed by atoms with Gasteiger partial charge in [-0.3, -0.25) is 10.1 Å². The van der Waals surface area contributed by atoms with Gasteiger partial charge in [0.15, 0.2) is 0 Å². The quantitative estimate of drug-likeness (QED) is 0.264. The van der Waals surface area contributed by atoms with E-state index in [0.29, 0.717) is 5.56 Å². The van der Waals surface area contributed by atoms with Crippen LogP contribution in [-0.2, 0) is 4.79 Å². The largest absolute Gasteiger partial charge is 0.435 e. The molecule has 6 nitrogen and oxygen atoms in total. The van der Waals surface area contributed by atoms with Crippen molar-refractivity contribution in [2.24, 2.45) is 0 Å². The minimum absolute atomic E-state index is 0.00122. The van der Waals surface area contributed by atoms with Gasteiger partial charge in [-0.05, 0) is 29.8 Å². The minimum atomic E-state index is -2.91. The van der Waals surface area contributed by atoms with Gasteiger partial charge in [0.1, 0.15) is 11.5 Å². The number of benzene rings is 2. The van der Waals surface area contributed by atoms with Gasteiger partial charge in [-0.25, -0.2) is 4.79 Å². The Bertz CT molecular complexity index is 759. The summed E-state index contributed by atoms with van der Waals surface area (Å²) in [4.78, 5) is 21.7. The second kappa shape index (κ2) is 7.82. The number of hydrogen-bond acceptors (Lipinski definition) is 5. The SMILES string of the molecule is O=C(/C=C/c1ccc(OC(F)F)cc1)Oc1cccc([N+](=O)[O-])c1. The first-order valence-corrected chi connectivity index (χ1v) is 6.63. The first kappa shape index (κ1) is 17.1. The van der Waals surface area contributed by atoms with Gasteiger partial charge >= 0.3 is 12.6 Å². The maximum absolute atomic E-state index is 12.0. The van der Waals surface area contributed by atoms with Gasteiger partial charge in [-0.1, -0.05) is 18.2 Å². The molecule has 8 heteroatoms. The molecule has 0 heterocycles. The number of nitro groups is 1. The molecule has 0 atom stereocenters. The van der Waals surface area contributed by atoms with Gasteiger partial charge in [0.05, 0.1) is 11.0 Å². The van der Waals surface area contributed by atoms with Crippen LogP contribution in [0, 0.1) is 10.1 Å². The van der Waals surface area contributed by atoms with Gasteiger partial charge in [0, 0.05) is 12.1 Å². The molecular formula is C16H11F2NO5. The number of esters is 1. The summed E-state index contributed by atoms with van der Waals surface area (Å²) >= 11 is 0. The van der Waals surface area contributed by atoms with E-state index in [9.17, 15) is 23.7 Å². The van der Waals surface area contributed by atoms with Gasteiger partial charge in [0.25, 0.3) is 5.69 Å². The molecule has 0 radical (unpaired) electrons.